The molecule has 0 saturated carbocycles. The van der Waals surface area contributed by atoms with Crippen LogP contribution in [0.15, 0.2) is 24.3 Å². The molecule has 0 unspecified atom stereocenters. The first kappa shape index (κ1) is 16.1. The maximum atomic E-state index is 5.53. The second-order valence-electron chi connectivity index (χ2n) is 3.31. The van der Waals surface area contributed by atoms with E-state index in [1.807, 2.05) is 35.9 Å². The molecule has 0 spiro atoms. The van der Waals surface area contributed by atoms with Crippen LogP contribution in [-0.2, 0) is 13.6 Å². The number of aromatic amines is 1. The number of aromatic nitrogens is 3. The van der Waals surface area contributed by atoms with Gasteiger partial charge in [-0.05, 0) is 17.8 Å². The van der Waals surface area contributed by atoms with Crippen LogP contribution >= 0.6 is 37.0 Å². The Balaban J connectivity index is 0.00000128. The molecule has 7 heteroatoms. The molecule has 0 saturated heterocycles. The molecular formula is C10H14Cl2N4S. The van der Waals surface area contributed by atoms with E-state index >= 15 is 0 Å². The third kappa shape index (κ3) is 3.29. The molecule has 1 heterocycles. The predicted molar refractivity (Wildman–Crippen MR) is 76.2 cm³/mol. The highest BCUT2D eigenvalue weighted by molar-refractivity contribution is 7.71. The first-order valence-corrected chi connectivity index (χ1v) is 5.04. The SMILES string of the molecule is Cl.Cl.Cn1c(-c2ccc(CN)cc2)n[nH]c1=S. The van der Waals surface area contributed by atoms with E-state index in [9.17, 15) is 0 Å². The van der Waals surface area contributed by atoms with Gasteiger partial charge in [0, 0.05) is 19.2 Å². The molecule has 0 aliphatic heterocycles. The minimum absolute atomic E-state index is 0. The van der Waals surface area contributed by atoms with Crippen molar-refractivity contribution < 1.29 is 0 Å². The molecule has 17 heavy (non-hydrogen) atoms. The van der Waals surface area contributed by atoms with Crippen molar-refractivity contribution in [2.24, 2.45) is 12.8 Å². The Kier molecular flexibility index (Phi) is 6.41. The molecule has 0 radical (unpaired) electrons. The third-order valence-corrected chi connectivity index (χ3v) is 2.69. The molecule has 2 aromatic rings. The van der Waals surface area contributed by atoms with Gasteiger partial charge in [-0.3, -0.25) is 5.10 Å². The largest absolute Gasteiger partial charge is 0.326 e. The fraction of sp³-hybridized carbons (Fsp3) is 0.200. The Morgan fingerprint density at radius 2 is 1.88 bits per heavy atom. The average molecular weight is 293 g/mol. The van der Waals surface area contributed by atoms with Gasteiger partial charge < -0.3 is 10.3 Å². The number of benzene rings is 1. The highest BCUT2D eigenvalue weighted by atomic mass is 35.5. The van der Waals surface area contributed by atoms with Crippen LogP contribution < -0.4 is 5.73 Å². The van der Waals surface area contributed by atoms with Crippen LogP contribution in [0.25, 0.3) is 11.4 Å². The fourth-order valence-electron chi connectivity index (χ4n) is 1.40. The zero-order valence-electron chi connectivity index (χ0n) is 9.21. The maximum absolute atomic E-state index is 5.53. The molecule has 0 bridgehead atoms. The van der Waals surface area contributed by atoms with Gasteiger partial charge in [-0.2, -0.15) is 5.10 Å². The molecule has 0 fully saturated rings. The summed E-state index contributed by atoms with van der Waals surface area (Å²) in [7, 11) is 1.89. The van der Waals surface area contributed by atoms with Crippen LogP contribution in [0.4, 0.5) is 0 Å². The van der Waals surface area contributed by atoms with Crippen LogP contribution in [0.1, 0.15) is 5.56 Å². The monoisotopic (exact) mass is 292 g/mol. The van der Waals surface area contributed by atoms with E-state index < -0.39 is 0 Å². The number of H-pyrrole nitrogens is 1. The minimum atomic E-state index is 0. The summed E-state index contributed by atoms with van der Waals surface area (Å²) in [6.45, 7) is 0.555. The standard InChI is InChI=1S/C10H12N4S.2ClH/c1-14-9(12-13-10(14)15)8-4-2-7(6-11)3-5-8;;/h2-5H,6,11H2,1H3,(H,13,15);2*1H. The van der Waals surface area contributed by atoms with Crippen molar-refractivity contribution in [3.8, 4) is 11.4 Å². The topological polar surface area (TPSA) is 59.6 Å². The minimum Gasteiger partial charge on any atom is -0.326 e. The summed E-state index contributed by atoms with van der Waals surface area (Å²) < 4.78 is 2.46. The summed E-state index contributed by atoms with van der Waals surface area (Å²) in [5.74, 6) is 0.837. The van der Waals surface area contributed by atoms with Crippen molar-refractivity contribution in [1.29, 1.82) is 0 Å². The molecule has 94 valence electrons. The van der Waals surface area contributed by atoms with Gasteiger partial charge in [-0.1, -0.05) is 24.3 Å². The summed E-state index contributed by atoms with van der Waals surface area (Å²) in [5, 5.41) is 6.91. The first-order valence-electron chi connectivity index (χ1n) is 4.63. The van der Waals surface area contributed by atoms with E-state index in [1.54, 1.807) is 0 Å². The first-order chi connectivity index (χ1) is 7.22. The van der Waals surface area contributed by atoms with Crippen molar-refractivity contribution in [3.05, 3.63) is 34.6 Å². The zero-order chi connectivity index (χ0) is 10.8. The molecule has 1 aromatic heterocycles. The predicted octanol–water partition coefficient (Wildman–Crippen LogP) is 2.45. The van der Waals surface area contributed by atoms with Gasteiger partial charge in [0.1, 0.15) is 0 Å². The van der Waals surface area contributed by atoms with Crippen molar-refractivity contribution in [2.75, 3.05) is 0 Å². The molecule has 0 aliphatic rings. The molecule has 0 aliphatic carbocycles. The van der Waals surface area contributed by atoms with Gasteiger partial charge in [0.2, 0.25) is 0 Å². The second-order valence-corrected chi connectivity index (χ2v) is 3.70. The normalized spacial score (nSPS) is 9.29. The number of nitrogens with one attached hydrogen (secondary N) is 1. The number of hydrogen-bond acceptors (Lipinski definition) is 3. The lowest BCUT2D eigenvalue weighted by molar-refractivity contribution is 0.901. The number of hydrogen-bond donors (Lipinski definition) is 2. The van der Waals surface area contributed by atoms with E-state index in [-0.39, 0.29) is 24.8 Å². The highest BCUT2D eigenvalue weighted by Gasteiger charge is 2.04. The average Bonchev–Trinajstić information content (AvgIpc) is 2.60. The van der Waals surface area contributed by atoms with Crippen LogP contribution in [-0.4, -0.2) is 14.8 Å². The third-order valence-electron chi connectivity index (χ3n) is 2.33. The van der Waals surface area contributed by atoms with Gasteiger partial charge in [-0.25, -0.2) is 0 Å². The van der Waals surface area contributed by atoms with E-state index in [4.69, 9.17) is 18.0 Å². The van der Waals surface area contributed by atoms with Crippen molar-refractivity contribution >= 4 is 37.0 Å². The van der Waals surface area contributed by atoms with E-state index in [1.165, 1.54) is 0 Å². The summed E-state index contributed by atoms with van der Waals surface area (Å²) in [6.07, 6.45) is 0. The number of rotatable bonds is 2. The van der Waals surface area contributed by atoms with Crippen molar-refractivity contribution in [3.63, 3.8) is 0 Å². The van der Waals surface area contributed by atoms with Crippen molar-refractivity contribution in [1.82, 2.24) is 14.8 Å². The molecule has 3 N–H and O–H groups in total. The van der Waals surface area contributed by atoms with Gasteiger partial charge in [-0.15, -0.1) is 24.8 Å². The molecule has 1 aromatic carbocycles. The molecular weight excluding hydrogens is 279 g/mol. The Morgan fingerprint density at radius 3 is 2.29 bits per heavy atom. The lowest BCUT2D eigenvalue weighted by atomic mass is 10.1. The Bertz CT molecular complexity index is 518. The van der Waals surface area contributed by atoms with E-state index in [0.717, 1.165) is 17.0 Å². The summed E-state index contributed by atoms with van der Waals surface area (Å²) >= 11 is 5.05. The quantitative estimate of drug-likeness (QED) is 0.836. The van der Waals surface area contributed by atoms with E-state index in [2.05, 4.69) is 10.2 Å². The van der Waals surface area contributed by atoms with Crippen LogP contribution in [0.5, 0.6) is 0 Å². The lowest BCUT2D eigenvalue weighted by Crippen LogP contribution is -1.96. The Hall–Kier alpha value is -0.880. The van der Waals surface area contributed by atoms with Crippen LogP contribution in [0.3, 0.4) is 0 Å². The van der Waals surface area contributed by atoms with Gasteiger partial charge in [0.15, 0.2) is 10.6 Å². The second kappa shape index (κ2) is 6.76. The lowest BCUT2D eigenvalue weighted by Gasteiger charge is -2.01. The van der Waals surface area contributed by atoms with Crippen LogP contribution in [0, 0.1) is 4.77 Å². The van der Waals surface area contributed by atoms with Gasteiger partial charge >= 0.3 is 0 Å². The molecule has 2 rings (SSSR count). The molecule has 0 atom stereocenters. The molecule has 4 nitrogen and oxygen atoms in total. The summed E-state index contributed by atoms with van der Waals surface area (Å²) in [4.78, 5) is 0. The molecule has 0 amide bonds. The smallest absolute Gasteiger partial charge is 0.195 e. The Morgan fingerprint density at radius 1 is 1.29 bits per heavy atom. The summed E-state index contributed by atoms with van der Waals surface area (Å²) in [5.41, 5.74) is 7.67. The van der Waals surface area contributed by atoms with Crippen molar-refractivity contribution in [2.45, 2.75) is 6.54 Å². The van der Waals surface area contributed by atoms with E-state index in [0.29, 0.717) is 11.3 Å². The Labute approximate surface area is 117 Å². The van der Waals surface area contributed by atoms with Gasteiger partial charge in [0.25, 0.3) is 0 Å². The fourth-order valence-corrected chi connectivity index (χ4v) is 1.53. The zero-order valence-corrected chi connectivity index (χ0v) is 11.7. The number of nitrogens with zero attached hydrogens (tertiary/aromatic N) is 2. The van der Waals surface area contributed by atoms with Gasteiger partial charge in [0.05, 0.1) is 0 Å². The number of nitrogens with two attached hydrogens (primary N) is 1. The number of halogens is 2. The maximum Gasteiger partial charge on any atom is 0.195 e. The highest BCUT2D eigenvalue weighted by Crippen LogP contribution is 2.16. The summed E-state index contributed by atoms with van der Waals surface area (Å²) in [6, 6.07) is 7.97. The van der Waals surface area contributed by atoms with Crippen LogP contribution in [0.2, 0.25) is 0 Å².